The Balaban J connectivity index is 2.00. The van der Waals surface area contributed by atoms with E-state index < -0.39 is 0 Å². The number of hydrogen-bond acceptors (Lipinski definition) is 4. The molecule has 2 N–H and O–H groups in total. The van der Waals surface area contributed by atoms with Crippen molar-refractivity contribution in [1.29, 1.82) is 0 Å². The van der Waals surface area contributed by atoms with Crippen LogP contribution < -0.4 is 15.4 Å². The second-order valence-corrected chi connectivity index (χ2v) is 6.28. The summed E-state index contributed by atoms with van der Waals surface area (Å²) in [7, 11) is 1.63. The largest absolute Gasteiger partial charge is 0.496 e. The van der Waals surface area contributed by atoms with Gasteiger partial charge in [0.2, 0.25) is 5.91 Å². The fourth-order valence-corrected chi connectivity index (χ4v) is 3.41. The van der Waals surface area contributed by atoms with Crippen LogP contribution in [0.2, 0.25) is 0 Å². The summed E-state index contributed by atoms with van der Waals surface area (Å²) < 4.78 is 6.09. The lowest BCUT2D eigenvalue weighted by Crippen LogP contribution is -2.42. The van der Waals surface area contributed by atoms with Gasteiger partial charge in [-0.2, -0.15) is 0 Å². The number of hydrogen-bond donors (Lipinski definition) is 2. The van der Waals surface area contributed by atoms with Crippen LogP contribution in [0.3, 0.4) is 0 Å². The van der Waals surface area contributed by atoms with E-state index in [1.54, 1.807) is 18.9 Å². The summed E-state index contributed by atoms with van der Waals surface area (Å²) >= 11 is 5.20. The van der Waals surface area contributed by atoms with E-state index in [0.717, 1.165) is 27.4 Å². The highest BCUT2D eigenvalue weighted by atomic mass is 79.9. The van der Waals surface area contributed by atoms with Crippen LogP contribution in [0.1, 0.15) is 18.5 Å². The molecule has 0 bridgehead atoms. The summed E-state index contributed by atoms with van der Waals surface area (Å²) in [6.45, 7) is 1.98. The van der Waals surface area contributed by atoms with E-state index in [1.807, 2.05) is 25.1 Å². The molecule has 0 radical (unpaired) electrons. The lowest BCUT2D eigenvalue weighted by atomic mass is 10.1. The molecule has 0 aromatic heterocycles. The Labute approximate surface area is 125 Å². The van der Waals surface area contributed by atoms with Gasteiger partial charge in [0.25, 0.3) is 0 Å². The molecular weight excluding hydrogens is 328 g/mol. The molecule has 2 unspecified atom stereocenters. The van der Waals surface area contributed by atoms with Crippen LogP contribution in [-0.2, 0) is 4.79 Å². The molecule has 1 aliphatic rings. The highest BCUT2D eigenvalue weighted by Gasteiger charge is 2.23. The first-order valence-corrected chi connectivity index (χ1v) is 8.01. The zero-order valence-electron chi connectivity index (χ0n) is 10.9. The highest BCUT2D eigenvalue weighted by Crippen LogP contribution is 2.28. The van der Waals surface area contributed by atoms with E-state index in [2.05, 4.69) is 26.6 Å². The van der Waals surface area contributed by atoms with Gasteiger partial charge in [-0.15, -0.1) is 11.8 Å². The molecule has 1 aliphatic heterocycles. The van der Waals surface area contributed by atoms with Gasteiger partial charge in [0.1, 0.15) is 5.75 Å². The molecule has 2 rings (SSSR count). The first-order chi connectivity index (χ1) is 9.11. The Morgan fingerprint density at radius 1 is 1.63 bits per heavy atom. The van der Waals surface area contributed by atoms with Gasteiger partial charge < -0.3 is 10.1 Å². The van der Waals surface area contributed by atoms with E-state index >= 15 is 0 Å². The molecule has 1 amide bonds. The molecule has 104 valence electrons. The Hall–Kier alpha value is -0.720. The third kappa shape index (κ3) is 3.64. The van der Waals surface area contributed by atoms with Crippen molar-refractivity contribution in [2.75, 3.05) is 18.7 Å². The van der Waals surface area contributed by atoms with Crippen molar-refractivity contribution in [2.24, 2.45) is 0 Å². The molecule has 19 heavy (non-hydrogen) atoms. The monoisotopic (exact) mass is 344 g/mol. The number of nitrogens with one attached hydrogen (secondary N) is 2. The molecule has 1 saturated heterocycles. The van der Waals surface area contributed by atoms with Gasteiger partial charge in [-0.1, -0.05) is 6.07 Å². The molecule has 1 heterocycles. The van der Waals surface area contributed by atoms with Gasteiger partial charge in [0.15, 0.2) is 0 Å². The molecule has 1 aromatic carbocycles. The maximum atomic E-state index is 12.0. The van der Waals surface area contributed by atoms with Crippen molar-refractivity contribution in [3.8, 4) is 5.75 Å². The number of rotatable bonds is 4. The first-order valence-electron chi connectivity index (χ1n) is 6.06. The molecule has 1 fully saturated rings. The van der Waals surface area contributed by atoms with E-state index in [1.165, 1.54) is 0 Å². The second-order valence-electron chi connectivity index (χ2n) is 4.40. The highest BCUT2D eigenvalue weighted by molar-refractivity contribution is 9.10. The predicted octanol–water partition coefficient (Wildman–Crippen LogP) is 2.30. The number of benzene rings is 1. The fraction of sp³-hybridized carbons (Fsp3) is 0.462. The fourth-order valence-electron chi connectivity index (χ4n) is 1.91. The molecule has 1 aromatic rings. The van der Waals surface area contributed by atoms with Crippen LogP contribution >= 0.6 is 27.7 Å². The van der Waals surface area contributed by atoms with Crippen LogP contribution in [0.15, 0.2) is 22.7 Å². The van der Waals surface area contributed by atoms with Gasteiger partial charge >= 0.3 is 0 Å². The smallest absolute Gasteiger partial charge is 0.238 e. The molecule has 6 heteroatoms. The third-order valence-corrected chi connectivity index (χ3v) is 4.63. The summed E-state index contributed by atoms with van der Waals surface area (Å²) in [6, 6.07) is 5.73. The summed E-state index contributed by atoms with van der Waals surface area (Å²) in [5.74, 6) is 2.53. The van der Waals surface area contributed by atoms with E-state index in [9.17, 15) is 4.79 Å². The number of ether oxygens (including phenoxy) is 1. The summed E-state index contributed by atoms with van der Waals surface area (Å²) in [4.78, 5) is 12.0. The molecule has 2 atom stereocenters. The average molecular weight is 345 g/mol. The van der Waals surface area contributed by atoms with Gasteiger partial charge in [-0.25, -0.2) is 0 Å². The Kier molecular flexibility index (Phi) is 5.13. The number of halogens is 1. The lowest BCUT2D eigenvalue weighted by Gasteiger charge is -2.18. The number of amides is 1. The Morgan fingerprint density at radius 2 is 2.42 bits per heavy atom. The number of thioether (sulfide) groups is 1. The van der Waals surface area contributed by atoms with Gasteiger partial charge in [-0.05, 0) is 40.5 Å². The average Bonchev–Trinajstić information content (AvgIpc) is 2.92. The topological polar surface area (TPSA) is 50.4 Å². The van der Waals surface area contributed by atoms with Crippen molar-refractivity contribution in [3.05, 3.63) is 28.2 Å². The van der Waals surface area contributed by atoms with Gasteiger partial charge in [0.05, 0.1) is 23.7 Å². The molecule has 0 saturated carbocycles. The zero-order chi connectivity index (χ0) is 13.8. The van der Waals surface area contributed by atoms with Crippen LogP contribution in [0.5, 0.6) is 5.75 Å². The van der Waals surface area contributed by atoms with E-state index in [-0.39, 0.29) is 18.0 Å². The van der Waals surface area contributed by atoms with Crippen molar-refractivity contribution < 1.29 is 9.53 Å². The third-order valence-electron chi connectivity index (χ3n) is 3.07. The van der Waals surface area contributed by atoms with Crippen molar-refractivity contribution in [1.82, 2.24) is 10.6 Å². The molecular formula is C13H17BrN2O2S. The normalized spacial score (nSPS) is 20.1. The van der Waals surface area contributed by atoms with Gasteiger partial charge in [-0.3, -0.25) is 10.1 Å². The van der Waals surface area contributed by atoms with Crippen molar-refractivity contribution >= 4 is 33.6 Å². The van der Waals surface area contributed by atoms with Crippen LogP contribution in [0.4, 0.5) is 0 Å². The molecule has 4 nitrogen and oxygen atoms in total. The summed E-state index contributed by atoms with van der Waals surface area (Å²) in [6.07, 6.45) is 0. The minimum atomic E-state index is -0.0749. The lowest BCUT2D eigenvalue weighted by molar-refractivity contribution is -0.123. The molecule has 0 aliphatic carbocycles. The SMILES string of the molecule is COc1ccc(C(C)NC(=O)C2CSCN2)cc1Br. The van der Waals surface area contributed by atoms with Crippen LogP contribution in [0, 0.1) is 0 Å². The predicted molar refractivity (Wildman–Crippen MR) is 81.5 cm³/mol. The van der Waals surface area contributed by atoms with Crippen molar-refractivity contribution in [3.63, 3.8) is 0 Å². The quantitative estimate of drug-likeness (QED) is 0.879. The maximum Gasteiger partial charge on any atom is 0.238 e. The number of carbonyl (C=O) groups excluding carboxylic acids is 1. The minimum absolute atomic E-state index is 0.0258. The first kappa shape index (κ1) is 14.7. The number of methoxy groups -OCH3 is 1. The summed E-state index contributed by atoms with van der Waals surface area (Å²) in [5.41, 5.74) is 1.05. The van der Waals surface area contributed by atoms with Crippen molar-refractivity contribution in [2.45, 2.75) is 19.0 Å². The number of carbonyl (C=O) groups is 1. The van der Waals surface area contributed by atoms with Crippen LogP contribution in [0.25, 0.3) is 0 Å². The Morgan fingerprint density at radius 3 is 3.00 bits per heavy atom. The van der Waals surface area contributed by atoms with Crippen LogP contribution in [-0.4, -0.2) is 30.7 Å². The maximum absolute atomic E-state index is 12.0. The Bertz CT molecular complexity index is 464. The van der Waals surface area contributed by atoms with E-state index in [0.29, 0.717) is 0 Å². The summed E-state index contributed by atoms with van der Waals surface area (Å²) in [5, 5.41) is 6.19. The second kappa shape index (κ2) is 6.63. The zero-order valence-corrected chi connectivity index (χ0v) is 13.3. The minimum Gasteiger partial charge on any atom is -0.496 e. The molecule has 0 spiro atoms. The standard InChI is InChI=1S/C13H17BrN2O2S/c1-8(16-13(17)11-6-19-7-15-11)9-3-4-12(18-2)10(14)5-9/h3-5,8,11,15H,6-7H2,1-2H3,(H,16,17). The van der Waals surface area contributed by atoms with E-state index in [4.69, 9.17) is 4.74 Å². The van der Waals surface area contributed by atoms with Gasteiger partial charge in [0, 0.05) is 11.6 Å².